The van der Waals surface area contributed by atoms with Crippen LogP contribution in [0.5, 0.6) is 0 Å². The van der Waals surface area contributed by atoms with Crippen molar-refractivity contribution in [3.05, 3.63) is 64.7 Å². The van der Waals surface area contributed by atoms with Gasteiger partial charge in [0, 0.05) is 23.7 Å². The maximum Gasteiger partial charge on any atom is 0.309 e. The highest BCUT2D eigenvalue weighted by Gasteiger charge is 2.29. The van der Waals surface area contributed by atoms with E-state index < -0.39 is 0 Å². The predicted octanol–water partition coefficient (Wildman–Crippen LogP) is 3.15. The lowest BCUT2D eigenvalue weighted by molar-refractivity contribution is -0.147. The highest BCUT2D eigenvalue weighted by molar-refractivity contribution is 6.09. The van der Waals surface area contributed by atoms with Crippen LogP contribution in [0.3, 0.4) is 0 Å². The Morgan fingerprint density at radius 2 is 1.65 bits per heavy atom. The molecule has 26 heavy (non-hydrogen) atoms. The smallest absolute Gasteiger partial charge is 0.309 e. The third kappa shape index (κ3) is 3.82. The zero-order valence-corrected chi connectivity index (χ0v) is 14.9. The highest BCUT2D eigenvalue weighted by Crippen LogP contribution is 2.29. The molecule has 0 fully saturated rings. The molecular formula is C21H21NO4. The number of benzene rings is 2. The van der Waals surface area contributed by atoms with Crippen LogP contribution in [-0.4, -0.2) is 24.3 Å². The maximum atomic E-state index is 12.7. The highest BCUT2D eigenvalue weighted by atomic mass is 16.5. The molecule has 1 unspecified atom stereocenters. The molecule has 0 saturated carbocycles. The third-order valence-corrected chi connectivity index (χ3v) is 4.49. The Morgan fingerprint density at radius 3 is 2.31 bits per heavy atom. The van der Waals surface area contributed by atoms with Crippen molar-refractivity contribution < 1.29 is 19.1 Å². The molecule has 2 aromatic carbocycles. The van der Waals surface area contributed by atoms with Crippen LogP contribution in [0.15, 0.2) is 42.5 Å². The first kappa shape index (κ1) is 17.9. The zero-order chi connectivity index (χ0) is 18.7. The molecule has 2 aromatic rings. The number of esters is 1. The van der Waals surface area contributed by atoms with Crippen molar-refractivity contribution in [2.75, 3.05) is 11.9 Å². The van der Waals surface area contributed by atoms with Gasteiger partial charge in [-0.3, -0.25) is 14.4 Å². The van der Waals surface area contributed by atoms with E-state index >= 15 is 0 Å². The number of carbonyl (C=O) groups excluding carboxylic acids is 3. The van der Waals surface area contributed by atoms with Gasteiger partial charge in [0.25, 0.3) is 0 Å². The quantitative estimate of drug-likeness (QED) is 0.663. The Balaban J connectivity index is 1.75. The second-order valence-electron chi connectivity index (χ2n) is 6.43. The average Bonchev–Trinajstić information content (AvgIpc) is 3.05. The molecule has 0 radical (unpaired) electrons. The second kappa shape index (κ2) is 7.52. The first-order valence-corrected chi connectivity index (χ1v) is 8.68. The number of hydrogen-bond donors (Lipinski definition) is 1. The summed E-state index contributed by atoms with van der Waals surface area (Å²) in [4.78, 5) is 35.7. The summed E-state index contributed by atoms with van der Waals surface area (Å²) < 4.78 is 5.11. The van der Waals surface area contributed by atoms with Crippen molar-refractivity contribution in [1.29, 1.82) is 0 Å². The standard InChI is InChI=1S/C21H21NO4/c1-3-26-21(25)18-10-15-4-5-16(11-17(15)12-18)20(24)14-6-8-19(9-7-14)22-13(2)23/h4-9,11,18H,3,10,12H2,1-2H3,(H,22,23). The molecule has 5 heteroatoms. The monoisotopic (exact) mass is 351 g/mol. The van der Waals surface area contributed by atoms with Gasteiger partial charge in [0.15, 0.2) is 5.78 Å². The molecule has 1 amide bonds. The molecule has 0 saturated heterocycles. The lowest BCUT2D eigenvalue weighted by Crippen LogP contribution is -2.17. The fourth-order valence-corrected chi connectivity index (χ4v) is 3.26. The maximum absolute atomic E-state index is 12.7. The molecule has 134 valence electrons. The number of anilines is 1. The van der Waals surface area contributed by atoms with E-state index in [0.717, 1.165) is 11.1 Å². The summed E-state index contributed by atoms with van der Waals surface area (Å²) in [6.07, 6.45) is 1.27. The van der Waals surface area contributed by atoms with Crippen molar-refractivity contribution in [3.63, 3.8) is 0 Å². The van der Waals surface area contributed by atoms with Gasteiger partial charge in [-0.2, -0.15) is 0 Å². The Morgan fingerprint density at radius 1 is 1.00 bits per heavy atom. The molecule has 5 nitrogen and oxygen atoms in total. The van der Waals surface area contributed by atoms with E-state index in [1.807, 2.05) is 12.1 Å². The average molecular weight is 351 g/mol. The van der Waals surface area contributed by atoms with E-state index in [2.05, 4.69) is 5.32 Å². The summed E-state index contributed by atoms with van der Waals surface area (Å²) in [6.45, 7) is 3.62. The van der Waals surface area contributed by atoms with Gasteiger partial charge < -0.3 is 10.1 Å². The number of ketones is 1. The van der Waals surface area contributed by atoms with Crippen molar-refractivity contribution >= 4 is 23.3 Å². The van der Waals surface area contributed by atoms with Gasteiger partial charge in [-0.25, -0.2) is 0 Å². The van der Waals surface area contributed by atoms with Gasteiger partial charge in [-0.15, -0.1) is 0 Å². The molecule has 0 spiro atoms. The number of rotatable bonds is 5. The summed E-state index contributed by atoms with van der Waals surface area (Å²) >= 11 is 0. The van der Waals surface area contributed by atoms with Gasteiger partial charge in [0.2, 0.25) is 5.91 Å². The number of fused-ring (bicyclic) bond motifs is 1. The minimum atomic E-state index is -0.176. The van der Waals surface area contributed by atoms with E-state index in [-0.39, 0.29) is 23.6 Å². The topological polar surface area (TPSA) is 72.5 Å². The molecule has 1 atom stereocenters. The van der Waals surface area contributed by atoms with Crippen molar-refractivity contribution in [2.24, 2.45) is 5.92 Å². The Labute approximate surface area is 152 Å². The summed E-state index contributed by atoms with van der Waals surface area (Å²) in [7, 11) is 0. The van der Waals surface area contributed by atoms with Crippen LogP contribution >= 0.6 is 0 Å². The third-order valence-electron chi connectivity index (χ3n) is 4.49. The van der Waals surface area contributed by atoms with Crippen molar-refractivity contribution in [1.82, 2.24) is 0 Å². The van der Waals surface area contributed by atoms with E-state index in [4.69, 9.17) is 4.74 Å². The van der Waals surface area contributed by atoms with Crippen LogP contribution in [0, 0.1) is 5.92 Å². The van der Waals surface area contributed by atoms with Gasteiger partial charge in [0.05, 0.1) is 12.5 Å². The Bertz CT molecular complexity index is 855. The first-order valence-electron chi connectivity index (χ1n) is 8.68. The molecule has 1 aliphatic carbocycles. The van der Waals surface area contributed by atoms with E-state index in [9.17, 15) is 14.4 Å². The fraction of sp³-hybridized carbons (Fsp3) is 0.286. The normalized spacial score (nSPS) is 15.2. The van der Waals surface area contributed by atoms with Crippen LogP contribution in [0.4, 0.5) is 5.69 Å². The number of ether oxygens (including phenoxy) is 1. The van der Waals surface area contributed by atoms with Gasteiger partial charge in [0.1, 0.15) is 0 Å². The van der Waals surface area contributed by atoms with Gasteiger partial charge >= 0.3 is 5.97 Å². The SMILES string of the molecule is CCOC(=O)C1Cc2ccc(C(=O)c3ccc(NC(C)=O)cc3)cc2C1. The number of amides is 1. The Kier molecular flexibility index (Phi) is 5.16. The summed E-state index contributed by atoms with van der Waals surface area (Å²) in [5, 5.41) is 2.68. The minimum absolute atomic E-state index is 0.0817. The second-order valence-corrected chi connectivity index (χ2v) is 6.43. The molecule has 3 rings (SSSR count). The van der Waals surface area contributed by atoms with Crippen molar-refractivity contribution in [2.45, 2.75) is 26.7 Å². The largest absolute Gasteiger partial charge is 0.466 e. The van der Waals surface area contributed by atoms with Crippen LogP contribution < -0.4 is 5.32 Å². The molecule has 1 aliphatic rings. The molecular weight excluding hydrogens is 330 g/mol. The van der Waals surface area contributed by atoms with Crippen LogP contribution in [0.25, 0.3) is 0 Å². The number of hydrogen-bond acceptors (Lipinski definition) is 4. The number of carbonyl (C=O) groups is 3. The lowest BCUT2D eigenvalue weighted by atomic mass is 9.99. The minimum Gasteiger partial charge on any atom is -0.466 e. The van der Waals surface area contributed by atoms with E-state index in [1.165, 1.54) is 6.92 Å². The summed E-state index contributed by atoms with van der Waals surface area (Å²) in [5.74, 6) is -0.571. The molecule has 0 aromatic heterocycles. The van der Waals surface area contributed by atoms with Gasteiger partial charge in [-0.1, -0.05) is 12.1 Å². The molecule has 0 bridgehead atoms. The van der Waals surface area contributed by atoms with E-state index in [1.54, 1.807) is 37.3 Å². The van der Waals surface area contributed by atoms with E-state index in [0.29, 0.717) is 36.3 Å². The predicted molar refractivity (Wildman–Crippen MR) is 98.2 cm³/mol. The Hall–Kier alpha value is -2.95. The summed E-state index contributed by atoms with van der Waals surface area (Å²) in [6, 6.07) is 12.4. The first-order chi connectivity index (χ1) is 12.5. The number of nitrogens with one attached hydrogen (secondary N) is 1. The van der Waals surface area contributed by atoms with Crippen LogP contribution in [-0.2, 0) is 27.2 Å². The van der Waals surface area contributed by atoms with Crippen molar-refractivity contribution in [3.8, 4) is 0 Å². The molecule has 0 aliphatic heterocycles. The summed E-state index contributed by atoms with van der Waals surface area (Å²) in [5.41, 5.74) is 3.93. The fourth-order valence-electron chi connectivity index (χ4n) is 3.26. The van der Waals surface area contributed by atoms with Gasteiger partial charge in [-0.05, 0) is 61.2 Å². The van der Waals surface area contributed by atoms with Crippen LogP contribution in [0.2, 0.25) is 0 Å². The van der Waals surface area contributed by atoms with Crippen LogP contribution in [0.1, 0.15) is 40.9 Å². The zero-order valence-electron chi connectivity index (χ0n) is 14.9. The lowest BCUT2D eigenvalue weighted by Gasteiger charge is -2.07. The molecule has 0 heterocycles. The molecule has 1 N–H and O–H groups in total.